The van der Waals surface area contributed by atoms with Crippen molar-refractivity contribution >= 4 is 30.5 Å². The zero-order valence-electron chi connectivity index (χ0n) is 16.6. The highest BCUT2D eigenvalue weighted by Gasteiger charge is 2.24. The van der Waals surface area contributed by atoms with Gasteiger partial charge < -0.3 is 9.73 Å². The number of nitrogens with one attached hydrogen (secondary N) is 1. The Balaban J connectivity index is 0.00000171. The standard InChI is InChI=1S/C21H21FN4O3.2ClH/c22-17-5-1-3-15(11-17)19-13-23-8-10-25(19)9-7-21-24-14-20(29-21)16-4-2-6-18(12-16)26(27)28;;/h1-6,11-12,14,19,23H,7-10,13H2;2*1H. The van der Waals surface area contributed by atoms with Crippen LogP contribution in [0.4, 0.5) is 10.1 Å². The van der Waals surface area contributed by atoms with Crippen LogP contribution < -0.4 is 5.32 Å². The molecule has 7 nitrogen and oxygen atoms in total. The minimum absolute atomic E-state index is 0. The predicted molar refractivity (Wildman–Crippen MR) is 120 cm³/mol. The molecule has 1 atom stereocenters. The Labute approximate surface area is 191 Å². The van der Waals surface area contributed by atoms with Gasteiger partial charge in [0, 0.05) is 56.3 Å². The SMILES string of the molecule is Cl.Cl.O=[N+]([O-])c1cccc(-c2cnc(CCN3CCNCC3c3cccc(F)c3)o2)c1. The van der Waals surface area contributed by atoms with Gasteiger partial charge in [0.15, 0.2) is 11.7 Å². The van der Waals surface area contributed by atoms with Crippen LogP contribution in [0.25, 0.3) is 11.3 Å². The van der Waals surface area contributed by atoms with Crippen LogP contribution in [0.3, 0.4) is 0 Å². The first-order valence-electron chi connectivity index (χ1n) is 9.50. The Morgan fingerprint density at radius 2 is 2.03 bits per heavy atom. The Morgan fingerprint density at radius 1 is 1.23 bits per heavy atom. The molecule has 31 heavy (non-hydrogen) atoms. The number of nitro benzene ring substituents is 1. The van der Waals surface area contributed by atoms with Gasteiger partial charge in [0.25, 0.3) is 5.69 Å². The second kappa shape index (κ2) is 11.2. The van der Waals surface area contributed by atoms with Gasteiger partial charge in [-0.25, -0.2) is 9.37 Å². The molecule has 1 aromatic heterocycles. The van der Waals surface area contributed by atoms with Crippen LogP contribution in [0.5, 0.6) is 0 Å². The fourth-order valence-corrected chi connectivity index (χ4v) is 3.63. The molecule has 1 N–H and O–H groups in total. The number of halogens is 3. The van der Waals surface area contributed by atoms with Crippen LogP contribution in [0, 0.1) is 15.9 Å². The number of nitro groups is 1. The van der Waals surface area contributed by atoms with Gasteiger partial charge in [0.2, 0.25) is 0 Å². The quantitative estimate of drug-likeness (QED) is 0.425. The zero-order chi connectivity index (χ0) is 20.2. The van der Waals surface area contributed by atoms with Crippen LogP contribution >= 0.6 is 24.8 Å². The van der Waals surface area contributed by atoms with E-state index in [2.05, 4.69) is 15.2 Å². The molecule has 0 amide bonds. The second-order valence-electron chi connectivity index (χ2n) is 6.99. The molecule has 1 fully saturated rings. The van der Waals surface area contributed by atoms with Gasteiger partial charge >= 0.3 is 0 Å². The maximum atomic E-state index is 13.6. The van der Waals surface area contributed by atoms with Crippen molar-refractivity contribution in [1.29, 1.82) is 0 Å². The second-order valence-corrected chi connectivity index (χ2v) is 6.99. The Morgan fingerprint density at radius 3 is 2.81 bits per heavy atom. The first kappa shape index (κ1) is 24.7. The fourth-order valence-electron chi connectivity index (χ4n) is 3.63. The van der Waals surface area contributed by atoms with Gasteiger partial charge in [0.05, 0.1) is 11.1 Å². The summed E-state index contributed by atoms with van der Waals surface area (Å²) in [7, 11) is 0. The highest BCUT2D eigenvalue weighted by atomic mass is 35.5. The van der Waals surface area contributed by atoms with Crippen molar-refractivity contribution < 1.29 is 13.7 Å². The van der Waals surface area contributed by atoms with E-state index >= 15 is 0 Å². The molecule has 2 heterocycles. The smallest absolute Gasteiger partial charge is 0.270 e. The van der Waals surface area contributed by atoms with E-state index in [1.165, 1.54) is 18.2 Å². The Hall–Kier alpha value is -2.52. The molecule has 0 bridgehead atoms. The van der Waals surface area contributed by atoms with Gasteiger partial charge in [-0.2, -0.15) is 0 Å². The van der Waals surface area contributed by atoms with E-state index in [1.54, 1.807) is 30.5 Å². The van der Waals surface area contributed by atoms with Crippen molar-refractivity contribution in [2.75, 3.05) is 26.2 Å². The predicted octanol–water partition coefficient (Wildman–Crippen LogP) is 4.42. The summed E-state index contributed by atoms with van der Waals surface area (Å²) in [6, 6.07) is 13.1. The van der Waals surface area contributed by atoms with E-state index in [0.29, 0.717) is 23.6 Å². The average molecular weight is 469 g/mol. The highest BCUT2D eigenvalue weighted by molar-refractivity contribution is 5.85. The first-order valence-corrected chi connectivity index (χ1v) is 9.50. The van der Waals surface area contributed by atoms with Gasteiger partial charge in [-0.05, 0) is 17.7 Å². The van der Waals surface area contributed by atoms with E-state index in [-0.39, 0.29) is 42.4 Å². The number of hydrogen-bond donors (Lipinski definition) is 1. The van der Waals surface area contributed by atoms with Crippen molar-refractivity contribution in [2.24, 2.45) is 0 Å². The molecule has 166 valence electrons. The van der Waals surface area contributed by atoms with Gasteiger partial charge in [-0.1, -0.05) is 24.3 Å². The Kier molecular flexibility index (Phi) is 8.94. The molecule has 10 heteroatoms. The summed E-state index contributed by atoms with van der Waals surface area (Å²) >= 11 is 0. The number of oxazole rings is 1. The molecule has 0 aliphatic carbocycles. The molecule has 1 aliphatic rings. The monoisotopic (exact) mass is 468 g/mol. The number of rotatable bonds is 6. The van der Waals surface area contributed by atoms with E-state index in [9.17, 15) is 14.5 Å². The van der Waals surface area contributed by atoms with Crippen LogP contribution in [0.2, 0.25) is 0 Å². The number of non-ortho nitro benzene ring substituents is 1. The molecule has 0 saturated carbocycles. The first-order chi connectivity index (χ1) is 14.1. The molecule has 0 spiro atoms. The normalized spacial score (nSPS) is 16.2. The van der Waals surface area contributed by atoms with Gasteiger partial charge in [0.1, 0.15) is 5.82 Å². The highest BCUT2D eigenvalue weighted by Crippen LogP contribution is 2.26. The number of aromatic nitrogens is 1. The number of benzene rings is 2. The zero-order valence-corrected chi connectivity index (χ0v) is 18.2. The molecule has 1 unspecified atom stereocenters. The molecule has 4 rings (SSSR count). The van der Waals surface area contributed by atoms with Crippen LogP contribution in [-0.4, -0.2) is 41.0 Å². The lowest BCUT2D eigenvalue weighted by atomic mass is 10.0. The number of hydrogen-bond acceptors (Lipinski definition) is 6. The summed E-state index contributed by atoms with van der Waals surface area (Å²) in [4.78, 5) is 17.1. The minimum atomic E-state index is -0.433. The molecule has 2 aromatic carbocycles. The maximum Gasteiger partial charge on any atom is 0.270 e. The largest absolute Gasteiger partial charge is 0.441 e. The van der Waals surface area contributed by atoms with Crippen LogP contribution in [-0.2, 0) is 6.42 Å². The topological polar surface area (TPSA) is 84.4 Å². The van der Waals surface area contributed by atoms with Crippen molar-refractivity contribution in [2.45, 2.75) is 12.5 Å². The maximum absolute atomic E-state index is 13.6. The third-order valence-electron chi connectivity index (χ3n) is 5.10. The molecule has 1 saturated heterocycles. The summed E-state index contributed by atoms with van der Waals surface area (Å²) in [6.45, 7) is 3.20. The fraction of sp³-hybridized carbons (Fsp3) is 0.286. The third-order valence-corrected chi connectivity index (χ3v) is 5.10. The molecule has 0 radical (unpaired) electrons. The number of nitrogens with zero attached hydrogens (tertiary/aromatic N) is 3. The van der Waals surface area contributed by atoms with Crippen molar-refractivity contribution in [3.8, 4) is 11.3 Å². The third kappa shape index (κ3) is 6.01. The average Bonchev–Trinajstić information content (AvgIpc) is 3.22. The van der Waals surface area contributed by atoms with E-state index in [1.807, 2.05) is 6.07 Å². The minimum Gasteiger partial charge on any atom is -0.441 e. The number of piperazine rings is 1. The lowest BCUT2D eigenvalue weighted by Crippen LogP contribution is -2.46. The van der Waals surface area contributed by atoms with E-state index in [4.69, 9.17) is 4.42 Å². The van der Waals surface area contributed by atoms with Crippen LogP contribution in [0.1, 0.15) is 17.5 Å². The van der Waals surface area contributed by atoms with Crippen LogP contribution in [0.15, 0.2) is 59.1 Å². The van der Waals surface area contributed by atoms with Crippen molar-refractivity contribution in [3.63, 3.8) is 0 Å². The van der Waals surface area contributed by atoms with E-state index < -0.39 is 4.92 Å². The summed E-state index contributed by atoms with van der Waals surface area (Å²) < 4.78 is 19.5. The molecule has 3 aromatic rings. The lowest BCUT2D eigenvalue weighted by Gasteiger charge is -2.36. The van der Waals surface area contributed by atoms with Gasteiger partial charge in [-0.15, -0.1) is 24.8 Å². The summed E-state index contributed by atoms with van der Waals surface area (Å²) in [5.74, 6) is 0.844. The summed E-state index contributed by atoms with van der Waals surface area (Å²) in [5, 5.41) is 14.3. The molecular formula is C21H23Cl2FN4O3. The lowest BCUT2D eigenvalue weighted by molar-refractivity contribution is -0.384. The summed E-state index contributed by atoms with van der Waals surface area (Å²) in [5.41, 5.74) is 1.58. The van der Waals surface area contributed by atoms with Crippen molar-refractivity contribution in [3.05, 3.63) is 82.1 Å². The molecular weight excluding hydrogens is 446 g/mol. The van der Waals surface area contributed by atoms with Gasteiger partial charge in [-0.3, -0.25) is 15.0 Å². The molecule has 1 aliphatic heterocycles. The van der Waals surface area contributed by atoms with Crippen molar-refractivity contribution in [1.82, 2.24) is 15.2 Å². The van der Waals surface area contributed by atoms with E-state index in [0.717, 1.165) is 31.7 Å². The summed E-state index contributed by atoms with van der Waals surface area (Å²) in [6.07, 6.45) is 2.19. The Bertz CT molecular complexity index is 1020.